The predicted octanol–water partition coefficient (Wildman–Crippen LogP) is 5.79. The smallest absolute Gasteiger partial charge is 0.303 e. The molecule has 0 aromatic heterocycles. The van der Waals surface area contributed by atoms with E-state index in [4.69, 9.17) is 14.6 Å². The summed E-state index contributed by atoms with van der Waals surface area (Å²) in [6.07, 6.45) is 22.5. The molecule has 1 unspecified atom stereocenters. The van der Waals surface area contributed by atoms with E-state index in [2.05, 4.69) is 31.2 Å². The summed E-state index contributed by atoms with van der Waals surface area (Å²) in [5.74, 6) is -0.527. The van der Waals surface area contributed by atoms with Crippen molar-refractivity contribution in [3.63, 3.8) is 0 Å². The highest BCUT2D eigenvalue weighted by atomic mass is 16.7. The van der Waals surface area contributed by atoms with E-state index in [-0.39, 0.29) is 30.7 Å². The zero-order chi connectivity index (χ0) is 22.5. The molecule has 176 valence electrons. The second kappa shape index (κ2) is 13.9. The number of unbranched alkanes of at least 4 members (excludes halogenated alkanes) is 3. The van der Waals surface area contributed by atoms with Crippen LogP contribution in [-0.4, -0.2) is 40.8 Å². The molecule has 1 aliphatic carbocycles. The molecule has 1 heterocycles. The van der Waals surface area contributed by atoms with Crippen LogP contribution in [0.25, 0.3) is 0 Å². The van der Waals surface area contributed by atoms with Crippen LogP contribution in [0.3, 0.4) is 0 Å². The van der Waals surface area contributed by atoms with Crippen LogP contribution in [0.2, 0.25) is 0 Å². The Bertz CT molecular complexity index is 601. The van der Waals surface area contributed by atoms with E-state index in [1.165, 1.54) is 12.8 Å². The Morgan fingerprint density at radius 2 is 2.13 bits per heavy atom. The highest BCUT2D eigenvalue weighted by Gasteiger charge is 2.37. The van der Waals surface area contributed by atoms with Crippen LogP contribution in [0, 0.1) is 11.8 Å². The van der Waals surface area contributed by atoms with Crippen molar-refractivity contribution in [3.8, 4) is 0 Å². The molecule has 5 heteroatoms. The van der Waals surface area contributed by atoms with Gasteiger partial charge in [-0.05, 0) is 51.9 Å². The van der Waals surface area contributed by atoms with Gasteiger partial charge in [-0.2, -0.15) is 0 Å². The monoisotopic (exact) mass is 434 g/mol. The van der Waals surface area contributed by atoms with Crippen molar-refractivity contribution in [2.24, 2.45) is 11.8 Å². The van der Waals surface area contributed by atoms with Gasteiger partial charge in [0.25, 0.3) is 0 Å². The lowest BCUT2D eigenvalue weighted by molar-refractivity contribution is -0.179. The summed E-state index contributed by atoms with van der Waals surface area (Å²) in [6.45, 7) is 4.86. The van der Waals surface area contributed by atoms with Crippen LogP contribution in [-0.2, 0) is 14.3 Å². The third kappa shape index (κ3) is 9.71. The predicted molar refractivity (Wildman–Crippen MR) is 124 cm³/mol. The van der Waals surface area contributed by atoms with Crippen LogP contribution in [0.5, 0.6) is 0 Å². The van der Waals surface area contributed by atoms with Gasteiger partial charge in [0, 0.05) is 24.9 Å². The fraction of sp³-hybridized carbons (Fsp3) is 0.731. The number of hydrogen-bond acceptors (Lipinski definition) is 4. The second-order valence-corrected chi connectivity index (χ2v) is 9.11. The number of carbonyl (C=O) groups is 1. The lowest BCUT2D eigenvalue weighted by Crippen LogP contribution is -2.31. The molecule has 1 fully saturated rings. The molecular formula is C26H42O5. The Morgan fingerprint density at radius 3 is 2.84 bits per heavy atom. The van der Waals surface area contributed by atoms with E-state index in [0.29, 0.717) is 6.42 Å². The van der Waals surface area contributed by atoms with Gasteiger partial charge in [0.05, 0.1) is 11.7 Å². The van der Waals surface area contributed by atoms with Gasteiger partial charge in [-0.15, -0.1) is 0 Å². The molecule has 31 heavy (non-hydrogen) atoms. The van der Waals surface area contributed by atoms with Crippen molar-refractivity contribution >= 4 is 5.97 Å². The molecule has 0 saturated carbocycles. The van der Waals surface area contributed by atoms with Crippen molar-refractivity contribution in [1.29, 1.82) is 0 Å². The molecule has 0 amide bonds. The van der Waals surface area contributed by atoms with E-state index in [9.17, 15) is 9.90 Å². The van der Waals surface area contributed by atoms with Crippen LogP contribution in [0.15, 0.2) is 36.5 Å². The first-order valence-corrected chi connectivity index (χ1v) is 12.2. The molecule has 5 nitrogen and oxygen atoms in total. The van der Waals surface area contributed by atoms with Gasteiger partial charge >= 0.3 is 5.97 Å². The summed E-state index contributed by atoms with van der Waals surface area (Å²) < 4.78 is 12.1. The minimum atomic E-state index is -0.842. The van der Waals surface area contributed by atoms with Crippen molar-refractivity contribution in [2.45, 2.75) is 102 Å². The maximum absolute atomic E-state index is 10.8. The quantitative estimate of drug-likeness (QED) is 0.267. The normalized spacial score (nSPS) is 29.8. The number of allylic oxidation sites excluding steroid dienone is 4. The highest BCUT2D eigenvalue weighted by Crippen LogP contribution is 2.38. The zero-order valence-corrected chi connectivity index (χ0v) is 19.4. The third-order valence-corrected chi connectivity index (χ3v) is 6.29. The highest BCUT2D eigenvalue weighted by molar-refractivity contribution is 5.66. The van der Waals surface area contributed by atoms with Crippen molar-refractivity contribution in [1.82, 2.24) is 0 Å². The largest absolute Gasteiger partial charge is 0.481 e. The molecule has 2 rings (SSSR count). The zero-order valence-electron chi connectivity index (χ0n) is 19.4. The summed E-state index contributed by atoms with van der Waals surface area (Å²) in [5.41, 5.74) is -0.842. The van der Waals surface area contributed by atoms with Gasteiger partial charge in [0.2, 0.25) is 0 Å². The molecule has 2 N–H and O–H groups in total. The van der Waals surface area contributed by atoms with Crippen molar-refractivity contribution in [3.05, 3.63) is 36.5 Å². The number of ether oxygens (including phenoxy) is 2. The fourth-order valence-corrected chi connectivity index (χ4v) is 4.35. The van der Waals surface area contributed by atoms with Crippen LogP contribution >= 0.6 is 0 Å². The minimum absolute atomic E-state index is 0.0424. The topological polar surface area (TPSA) is 76.0 Å². The molecule has 0 aromatic rings. The molecule has 0 radical (unpaired) electrons. The van der Waals surface area contributed by atoms with E-state index >= 15 is 0 Å². The molecule has 5 atom stereocenters. The number of aliphatic carboxylic acids is 1. The van der Waals surface area contributed by atoms with E-state index < -0.39 is 11.6 Å². The van der Waals surface area contributed by atoms with Crippen molar-refractivity contribution < 1.29 is 24.5 Å². The lowest BCUT2D eigenvalue weighted by atomic mass is 9.82. The van der Waals surface area contributed by atoms with Gasteiger partial charge in [-0.3, -0.25) is 4.79 Å². The molecule has 0 spiro atoms. The number of aliphatic hydroxyl groups is 1. The van der Waals surface area contributed by atoms with Crippen LogP contribution in [0.4, 0.5) is 0 Å². The molecule has 0 aromatic carbocycles. The molecule has 2 aliphatic rings. The summed E-state index contributed by atoms with van der Waals surface area (Å²) in [4.78, 5) is 10.6. The Morgan fingerprint density at radius 1 is 1.29 bits per heavy atom. The Labute approximate surface area is 188 Å². The molecular weight excluding hydrogens is 392 g/mol. The summed E-state index contributed by atoms with van der Waals surface area (Å²) >= 11 is 0. The van der Waals surface area contributed by atoms with Gasteiger partial charge in [-0.25, -0.2) is 0 Å². The number of carboxylic acids is 1. The minimum Gasteiger partial charge on any atom is -0.481 e. The summed E-state index contributed by atoms with van der Waals surface area (Å²) in [7, 11) is 0. The number of hydrogen-bond donors (Lipinski definition) is 2. The summed E-state index contributed by atoms with van der Waals surface area (Å²) in [6, 6.07) is 0. The van der Waals surface area contributed by atoms with Crippen LogP contribution < -0.4 is 0 Å². The first-order chi connectivity index (χ1) is 14.9. The maximum atomic E-state index is 10.8. The van der Waals surface area contributed by atoms with Crippen molar-refractivity contribution in [2.75, 3.05) is 6.61 Å². The SMILES string of the molecule is CCCCC[C@@H](C=C[C@H]1C=C[C@](C)(O)[C@@H]1CC=CCCCC(=O)O)OC1CCCCO1. The first-order valence-electron chi connectivity index (χ1n) is 12.2. The first kappa shape index (κ1) is 25.8. The second-order valence-electron chi connectivity index (χ2n) is 9.11. The Hall–Kier alpha value is -1.43. The third-order valence-electron chi connectivity index (χ3n) is 6.29. The number of rotatable bonds is 14. The molecule has 1 aliphatic heterocycles. The average Bonchev–Trinajstić information content (AvgIpc) is 3.03. The average molecular weight is 435 g/mol. The standard InChI is InChI=1S/C26H42O5/c1-3-4-7-12-22(31-25-15-10-11-20-30-25)17-16-21-18-19-26(2,29)23(21)13-8-5-6-9-14-24(27)28/h5,8,16-19,21-23,25,29H,3-4,6-7,9-15,20H2,1-2H3,(H,27,28)/t21-,22-,23+,25?,26-/m0/s1. The Kier molecular flexibility index (Phi) is 11.6. The van der Waals surface area contributed by atoms with Gasteiger partial charge < -0.3 is 19.7 Å². The number of carboxylic acid groups (broad SMARTS) is 1. The van der Waals surface area contributed by atoms with Crippen LogP contribution in [0.1, 0.15) is 84.5 Å². The van der Waals surface area contributed by atoms with E-state index in [0.717, 1.165) is 51.6 Å². The maximum Gasteiger partial charge on any atom is 0.303 e. The van der Waals surface area contributed by atoms with Gasteiger partial charge in [-0.1, -0.05) is 62.6 Å². The fourth-order valence-electron chi connectivity index (χ4n) is 4.35. The molecule has 1 saturated heterocycles. The van der Waals surface area contributed by atoms with Gasteiger partial charge in [0.1, 0.15) is 0 Å². The summed E-state index contributed by atoms with van der Waals surface area (Å²) in [5, 5.41) is 19.5. The van der Waals surface area contributed by atoms with E-state index in [1.807, 2.05) is 19.1 Å². The lowest BCUT2D eigenvalue weighted by Gasteiger charge is -2.29. The van der Waals surface area contributed by atoms with E-state index in [1.54, 1.807) is 0 Å². The van der Waals surface area contributed by atoms with Gasteiger partial charge in [0.15, 0.2) is 6.29 Å². The Balaban J connectivity index is 1.92. The molecule has 0 bridgehead atoms.